The molecule has 0 aliphatic carbocycles. The van der Waals surface area contributed by atoms with E-state index < -0.39 is 5.97 Å². The van der Waals surface area contributed by atoms with E-state index in [-0.39, 0.29) is 16.8 Å². The highest BCUT2D eigenvalue weighted by Gasteiger charge is 2.19. The van der Waals surface area contributed by atoms with E-state index in [0.29, 0.717) is 15.6 Å². The van der Waals surface area contributed by atoms with E-state index in [1.54, 1.807) is 24.3 Å². The van der Waals surface area contributed by atoms with E-state index in [1.807, 2.05) is 20.8 Å². The molecule has 110 valence electrons. The highest BCUT2D eigenvalue weighted by molar-refractivity contribution is 7.99. The van der Waals surface area contributed by atoms with Crippen LogP contribution in [0.25, 0.3) is 0 Å². The molecular weight excluding hydrogens is 289 g/mol. The van der Waals surface area contributed by atoms with E-state index in [1.165, 1.54) is 12.1 Å². The number of rotatable bonds is 3. The quantitative estimate of drug-likeness (QED) is 0.915. The van der Waals surface area contributed by atoms with E-state index in [9.17, 15) is 14.3 Å². The molecule has 0 atom stereocenters. The molecule has 2 rings (SSSR count). The Morgan fingerprint density at radius 2 is 1.90 bits per heavy atom. The monoisotopic (exact) mass is 305 g/mol. The summed E-state index contributed by atoms with van der Waals surface area (Å²) in [5, 5.41) is 9.69. The Kier molecular flexibility index (Phi) is 4.32. The van der Waals surface area contributed by atoms with Crippen LogP contribution in [-0.2, 0) is 5.41 Å². The maximum Gasteiger partial charge on any atom is 0.335 e. The second-order valence-corrected chi connectivity index (χ2v) is 6.73. The highest BCUT2D eigenvalue weighted by atomic mass is 32.2. The van der Waals surface area contributed by atoms with Gasteiger partial charge in [0, 0.05) is 16.0 Å². The molecule has 0 aliphatic rings. The lowest BCUT2D eigenvalue weighted by molar-refractivity contribution is 0.0696. The number of benzene rings is 1. The van der Waals surface area contributed by atoms with Crippen molar-refractivity contribution in [2.24, 2.45) is 0 Å². The minimum absolute atomic E-state index is 0.161. The van der Waals surface area contributed by atoms with Crippen molar-refractivity contribution >= 4 is 17.7 Å². The standard InChI is InChI=1S/C16H16FNO2S/c1-16(2,3)13-8-10(15(19)20)9-14(18-13)21-12-7-5-4-6-11(12)17/h4-9H,1-3H3,(H,19,20). The fourth-order valence-electron chi connectivity index (χ4n) is 1.71. The molecule has 1 heterocycles. The number of carboxylic acids is 1. The van der Waals surface area contributed by atoms with Gasteiger partial charge in [-0.05, 0) is 24.3 Å². The Morgan fingerprint density at radius 3 is 2.48 bits per heavy atom. The van der Waals surface area contributed by atoms with Crippen LogP contribution in [0.15, 0.2) is 46.3 Å². The molecule has 0 amide bonds. The Morgan fingerprint density at radius 1 is 1.24 bits per heavy atom. The SMILES string of the molecule is CC(C)(C)c1cc(C(=O)O)cc(Sc2ccccc2F)n1. The summed E-state index contributed by atoms with van der Waals surface area (Å²) >= 11 is 1.13. The van der Waals surface area contributed by atoms with Crippen LogP contribution in [0.5, 0.6) is 0 Å². The van der Waals surface area contributed by atoms with Crippen LogP contribution in [0.4, 0.5) is 4.39 Å². The normalized spacial score (nSPS) is 11.4. The first-order valence-corrected chi connectivity index (χ1v) is 7.27. The fraction of sp³-hybridized carbons (Fsp3) is 0.250. The Balaban J connectivity index is 2.46. The van der Waals surface area contributed by atoms with Crippen LogP contribution in [0.2, 0.25) is 0 Å². The van der Waals surface area contributed by atoms with Gasteiger partial charge < -0.3 is 5.11 Å². The highest BCUT2D eigenvalue weighted by Crippen LogP contribution is 2.31. The summed E-state index contributed by atoms with van der Waals surface area (Å²) in [4.78, 5) is 16.1. The molecule has 0 radical (unpaired) electrons. The summed E-state index contributed by atoms with van der Waals surface area (Å²) in [6.07, 6.45) is 0. The Bertz CT molecular complexity index is 680. The molecule has 0 bridgehead atoms. The van der Waals surface area contributed by atoms with E-state index in [2.05, 4.69) is 4.98 Å². The van der Waals surface area contributed by atoms with Gasteiger partial charge in [-0.2, -0.15) is 0 Å². The molecule has 0 unspecified atom stereocenters. The first kappa shape index (κ1) is 15.5. The van der Waals surface area contributed by atoms with Crippen molar-refractivity contribution in [3.63, 3.8) is 0 Å². The molecule has 0 saturated heterocycles. The largest absolute Gasteiger partial charge is 0.478 e. The van der Waals surface area contributed by atoms with Crippen LogP contribution in [0, 0.1) is 5.82 Å². The minimum atomic E-state index is -1.02. The zero-order chi connectivity index (χ0) is 15.6. The topological polar surface area (TPSA) is 50.2 Å². The van der Waals surface area contributed by atoms with E-state index in [4.69, 9.17) is 0 Å². The fourth-order valence-corrected chi connectivity index (χ4v) is 2.57. The van der Waals surface area contributed by atoms with Crippen LogP contribution in [-0.4, -0.2) is 16.1 Å². The van der Waals surface area contributed by atoms with Crippen molar-refractivity contribution < 1.29 is 14.3 Å². The molecule has 0 spiro atoms. The van der Waals surface area contributed by atoms with Gasteiger partial charge in [0.05, 0.1) is 5.56 Å². The molecule has 0 aliphatic heterocycles. The van der Waals surface area contributed by atoms with Crippen molar-refractivity contribution in [3.05, 3.63) is 53.5 Å². The molecule has 0 fully saturated rings. The summed E-state index contributed by atoms with van der Waals surface area (Å²) in [5.41, 5.74) is 0.547. The molecule has 5 heteroatoms. The third-order valence-corrected chi connectivity index (χ3v) is 3.84. The van der Waals surface area contributed by atoms with Crippen LogP contribution in [0.1, 0.15) is 36.8 Å². The third-order valence-electron chi connectivity index (χ3n) is 2.87. The molecule has 3 nitrogen and oxygen atoms in total. The summed E-state index contributed by atoms with van der Waals surface area (Å²) in [7, 11) is 0. The predicted molar refractivity (Wildman–Crippen MR) is 80.4 cm³/mol. The first-order valence-electron chi connectivity index (χ1n) is 6.45. The zero-order valence-electron chi connectivity index (χ0n) is 12.1. The smallest absolute Gasteiger partial charge is 0.335 e. The maximum absolute atomic E-state index is 13.7. The lowest BCUT2D eigenvalue weighted by atomic mass is 9.91. The van der Waals surface area contributed by atoms with Gasteiger partial charge in [-0.1, -0.05) is 44.7 Å². The second kappa shape index (κ2) is 5.85. The summed E-state index contributed by atoms with van der Waals surface area (Å²) < 4.78 is 13.7. The van der Waals surface area contributed by atoms with Crippen molar-refractivity contribution in [1.29, 1.82) is 0 Å². The van der Waals surface area contributed by atoms with Gasteiger partial charge in [-0.15, -0.1) is 0 Å². The minimum Gasteiger partial charge on any atom is -0.478 e. The molecule has 1 aromatic carbocycles. The number of nitrogens with zero attached hydrogens (tertiary/aromatic N) is 1. The molecular formula is C16H16FNO2S. The summed E-state index contributed by atoms with van der Waals surface area (Å²) in [6.45, 7) is 5.87. The number of aromatic carboxylic acids is 1. The van der Waals surface area contributed by atoms with Gasteiger partial charge in [0.2, 0.25) is 0 Å². The molecule has 0 saturated carbocycles. The second-order valence-electron chi connectivity index (χ2n) is 5.67. The number of aromatic nitrogens is 1. The number of carbonyl (C=O) groups is 1. The van der Waals surface area contributed by atoms with Gasteiger partial charge >= 0.3 is 5.97 Å². The van der Waals surface area contributed by atoms with Gasteiger partial charge in [-0.3, -0.25) is 0 Å². The average Bonchev–Trinajstić information content (AvgIpc) is 2.40. The van der Waals surface area contributed by atoms with Crippen molar-refractivity contribution in [2.45, 2.75) is 36.1 Å². The number of hydrogen-bond acceptors (Lipinski definition) is 3. The summed E-state index contributed by atoms with van der Waals surface area (Å²) in [5.74, 6) is -1.36. The van der Waals surface area contributed by atoms with Gasteiger partial charge in [0.25, 0.3) is 0 Å². The number of hydrogen-bond donors (Lipinski definition) is 1. The van der Waals surface area contributed by atoms with Crippen LogP contribution < -0.4 is 0 Å². The Hall–Kier alpha value is -1.88. The summed E-state index contributed by atoms with van der Waals surface area (Å²) in [6, 6.07) is 9.39. The van der Waals surface area contributed by atoms with Gasteiger partial charge in [-0.25, -0.2) is 14.2 Å². The molecule has 2 aromatic rings. The molecule has 21 heavy (non-hydrogen) atoms. The lowest BCUT2D eigenvalue weighted by Gasteiger charge is -2.19. The zero-order valence-corrected chi connectivity index (χ0v) is 12.9. The van der Waals surface area contributed by atoms with Crippen molar-refractivity contribution in [1.82, 2.24) is 4.98 Å². The van der Waals surface area contributed by atoms with Crippen molar-refractivity contribution in [3.8, 4) is 0 Å². The number of pyridine rings is 1. The molecule has 1 aromatic heterocycles. The first-order chi connectivity index (χ1) is 9.77. The molecule has 1 N–H and O–H groups in total. The van der Waals surface area contributed by atoms with Crippen LogP contribution >= 0.6 is 11.8 Å². The Labute approximate surface area is 127 Å². The van der Waals surface area contributed by atoms with Crippen LogP contribution in [0.3, 0.4) is 0 Å². The third kappa shape index (κ3) is 3.82. The predicted octanol–water partition coefficient (Wildman–Crippen LogP) is 4.37. The van der Waals surface area contributed by atoms with Gasteiger partial charge in [0.1, 0.15) is 10.8 Å². The average molecular weight is 305 g/mol. The van der Waals surface area contributed by atoms with Gasteiger partial charge in [0.15, 0.2) is 0 Å². The number of carboxylic acid groups (broad SMARTS) is 1. The van der Waals surface area contributed by atoms with E-state index >= 15 is 0 Å². The van der Waals surface area contributed by atoms with E-state index in [0.717, 1.165) is 11.8 Å². The lowest BCUT2D eigenvalue weighted by Crippen LogP contribution is -2.15. The maximum atomic E-state index is 13.7. The number of halogens is 1. The van der Waals surface area contributed by atoms with Crippen molar-refractivity contribution in [2.75, 3.05) is 0 Å².